The Balaban J connectivity index is 3.03. The van der Waals surface area contributed by atoms with Gasteiger partial charge in [0.05, 0.1) is 7.11 Å². The van der Waals surface area contributed by atoms with Crippen LogP contribution in [0, 0.1) is 6.92 Å². The zero-order valence-electron chi connectivity index (χ0n) is 12.1. The second-order valence-corrected chi connectivity index (χ2v) is 5.47. The maximum absolute atomic E-state index is 11.7. The molecule has 0 saturated carbocycles. The van der Waals surface area contributed by atoms with E-state index in [0.717, 1.165) is 11.3 Å². The van der Waals surface area contributed by atoms with Crippen LogP contribution in [-0.4, -0.2) is 18.6 Å². The third-order valence-electron chi connectivity index (χ3n) is 3.07. The maximum atomic E-state index is 11.7. The molecule has 18 heavy (non-hydrogen) atoms. The summed E-state index contributed by atoms with van der Waals surface area (Å²) in [5, 5.41) is 3.26. The number of ether oxygens (including phenoxy) is 1. The fourth-order valence-corrected chi connectivity index (χ4v) is 1.78. The van der Waals surface area contributed by atoms with E-state index in [0.29, 0.717) is 5.92 Å². The minimum Gasteiger partial charge on any atom is -0.467 e. The summed E-state index contributed by atoms with van der Waals surface area (Å²) in [5.41, 5.74) is 2.63. The number of benzene rings is 1. The molecule has 0 bridgehead atoms. The van der Waals surface area contributed by atoms with Gasteiger partial charge in [-0.3, -0.25) is 0 Å². The van der Waals surface area contributed by atoms with Gasteiger partial charge in [-0.15, -0.1) is 0 Å². The Bertz CT molecular complexity index is 436. The van der Waals surface area contributed by atoms with Crippen LogP contribution in [0.1, 0.15) is 44.7 Å². The van der Waals surface area contributed by atoms with Gasteiger partial charge in [-0.1, -0.05) is 26.0 Å². The van der Waals surface area contributed by atoms with Crippen LogP contribution in [0.4, 0.5) is 5.69 Å². The van der Waals surface area contributed by atoms with Gasteiger partial charge in [-0.25, -0.2) is 4.79 Å². The van der Waals surface area contributed by atoms with Crippen LogP contribution in [0.2, 0.25) is 0 Å². The van der Waals surface area contributed by atoms with E-state index in [9.17, 15) is 4.79 Å². The van der Waals surface area contributed by atoms with Crippen molar-refractivity contribution < 1.29 is 9.53 Å². The number of anilines is 1. The van der Waals surface area contributed by atoms with Crippen LogP contribution < -0.4 is 5.32 Å². The normalized spacial score (nSPS) is 11.5. The highest BCUT2D eigenvalue weighted by Gasteiger charge is 2.28. The number of esters is 1. The summed E-state index contributed by atoms with van der Waals surface area (Å²) >= 11 is 0. The molecule has 0 fully saturated rings. The Morgan fingerprint density at radius 3 is 2.44 bits per heavy atom. The number of aryl methyl sites for hydroxylation is 1. The second kappa shape index (κ2) is 5.42. The third-order valence-corrected chi connectivity index (χ3v) is 3.07. The summed E-state index contributed by atoms with van der Waals surface area (Å²) in [6.07, 6.45) is 0. The lowest BCUT2D eigenvalue weighted by molar-refractivity contribution is -0.144. The van der Waals surface area contributed by atoms with E-state index in [2.05, 4.69) is 37.4 Å². The van der Waals surface area contributed by atoms with Crippen LogP contribution in [0.25, 0.3) is 0 Å². The summed E-state index contributed by atoms with van der Waals surface area (Å²) in [5.74, 6) is 0.198. The summed E-state index contributed by atoms with van der Waals surface area (Å²) in [6.45, 7) is 9.97. The van der Waals surface area contributed by atoms with Crippen molar-refractivity contribution in [2.45, 2.75) is 46.1 Å². The SMILES string of the molecule is COC(=O)C(C)(C)Nc1cc(C(C)C)ccc1C. The lowest BCUT2D eigenvalue weighted by Gasteiger charge is -2.26. The van der Waals surface area contributed by atoms with Gasteiger partial charge < -0.3 is 10.1 Å². The van der Waals surface area contributed by atoms with Crippen LogP contribution >= 0.6 is 0 Å². The van der Waals surface area contributed by atoms with Crippen molar-refractivity contribution in [2.24, 2.45) is 0 Å². The Morgan fingerprint density at radius 1 is 1.33 bits per heavy atom. The molecule has 0 saturated heterocycles. The molecule has 0 aliphatic carbocycles. The molecule has 0 heterocycles. The smallest absolute Gasteiger partial charge is 0.330 e. The quantitative estimate of drug-likeness (QED) is 0.830. The number of carbonyl (C=O) groups is 1. The summed E-state index contributed by atoms with van der Waals surface area (Å²) in [6, 6.07) is 6.30. The first-order valence-electron chi connectivity index (χ1n) is 6.25. The zero-order chi connectivity index (χ0) is 13.9. The number of methoxy groups -OCH3 is 1. The molecular formula is C15H23NO2. The van der Waals surface area contributed by atoms with Gasteiger partial charge in [0.15, 0.2) is 0 Å². The predicted octanol–water partition coefficient (Wildman–Crippen LogP) is 3.48. The fraction of sp³-hybridized carbons (Fsp3) is 0.533. The van der Waals surface area contributed by atoms with Gasteiger partial charge >= 0.3 is 5.97 Å². The number of carbonyl (C=O) groups excluding carboxylic acids is 1. The molecule has 0 aliphatic heterocycles. The van der Waals surface area contributed by atoms with Crippen molar-refractivity contribution in [2.75, 3.05) is 12.4 Å². The first-order chi connectivity index (χ1) is 8.27. The highest BCUT2D eigenvalue weighted by atomic mass is 16.5. The molecule has 1 aromatic rings. The largest absolute Gasteiger partial charge is 0.467 e. The van der Waals surface area contributed by atoms with Gasteiger partial charge in [-0.2, -0.15) is 0 Å². The Kier molecular flexibility index (Phi) is 4.38. The standard InChI is InChI=1S/C15H23NO2/c1-10(2)12-8-7-11(3)13(9-12)16-15(4,5)14(17)18-6/h7-10,16H,1-6H3. The molecule has 0 aromatic heterocycles. The van der Waals surface area contributed by atoms with Crippen molar-refractivity contribution in [1.82, 2.24) is 0 Å². The summed E-state index contributed by atoms with van der Waals surface area (Å²) in [7, 11) is 1.41. The van der Waals surface area contributed by atoms with Gasteiger partial charge in [-0.05, 0) is 43.9 Å². The minimum absolute atomic E-state index is 0.267. The molecule has 3 nitrogen and oxygen atoms in total. The second-order valence-electron chi connectivity index (χ2n) is 5.47. The molecule has 1 N–H and O–H groups in total. The highest BCUT2D eigenvalue weighted by molar-refractivity contribution is 5.83. The molecule has 1 rings (SSSR count). The number of hydrogen-bond acceptors (Lipinski definition) is 3. The van der Waals surface area contributed by atoms with Gasteiger partial charge in [0.1, 0.15) is 5.54 Å². The highest BCUT2D eigenvalue weighted by Crippen LogP contribution is 2.25. The molecule has 3 heteroatoms. The van der Waals surface area contributed by atoms with Gasteiger partial charge in [0, 0.05) is 5.69 Å². The summed E-state index contributed by atoms with van der Waals surface area (Å²) in [4.78, 5) is 11.7. The molecule has 0 radical (unpaired) electrons. The van der Waals surface area contributed by atoms with Crippen molar-refractivity contribution in [3.63, 3.8) is 0 Å². The van der Waals surface area contributed by atoms with E-state index in [4.69, 9.17) is 4.74 Å². The fourth-order valence-electron chi connectivity index (χ4n) is 1.78. The number of nitrogens with one attached hydrogen (secondary N) is 1. The molecule has 0 unspecified atom stereocenters. The molecule has 0 spiro atoms. The van der Waals surface area contributed by atoms with E-state index >= 15 is 0 Å². The molecule has 1 aromatic carbocycles. The average molecular weight is 249 g/mol. The lowest BCUT2D eigenvalue weighted by Crippen LogP contribution is -2.41. The Morgan fingerprint density at radius 2 is 1.94 bits per heavy atom. The van der Waals surface area contributed by atoms with E-state index in [1.165, 1.54) is 12.7 Å². The third kappa shape index (κ3) is 3.25. The average Bonchev–Trinajstić information content (AvgIpc) is 2.30. The van der Waals surface area contributed by atoms with Crippen molar-refractivity contribution in [3.05, 3.63) is 29.3 Å². The topological polar surface area (TPSA) is 38.3 Å². The lowest BCUT2D eigenvalue weighted by atomic mass is 9.98. The molecule has 0 atom stereocenters. The Labute approximate surface area is 110 Å². The van der Waals surface area contributed by atoms with Crippen molar-refractivity contribution in [3.8, 4) is 0 Å². The minimum atomic E-state index is -0.727. The van der Waals surface area contributed by atoms with Crippen LogP contribution in [-0.2, 0) is 9.53 Å². The van der Waals surface area contributed by atoms with E-state index in [1.54, 1.807) is 0 Å². The van der Waals surface area contributed by atoms with Crippen LogP contribution in [0.5, 0.6) is 0 Å². The number of hydrogen-bond donors (Lipinski definition) is 1. The first-order valence-corrected chi connectivity index (χ1v) is 6.25. The van der Waals surface area contributed by atoms with Crippen molar-refractivity contribution >= 4 is 11.7 Å². The van der Waals surface area contributed by atoms with Gasteiger partial charge in [0.2, 0.25) is 0 Å². The van der Waals surface area contributed by atoms with E-state index in [-0.39, 0.29) is 5.97 Å². The van der Waals surface area contributed by atoms with Crippen LogP contribution in [0.3, 0.4) is 0 Å². The molecule has 0 amide bonds. The molecular weight excluding hydrogens is 226 g/mol. The van der Waals surface area contributed by atoms with E-state index in [1.807, 2.05) is 20.8 Å². The predicted molar refractivity (Wildman–Crippen MR) is 75.0 cm³/mol. The first kappa shape index (κ1) is 14.6. The molecule has 0 aliphatic rings. The Hall–Kier alpha value is -1.51. The monoisotopic (exact) mass is 249 g/mol. The number of rotatable bonds is 4. The van der Waals surface area contributed by atoms with Crippen molar-refractivity contribution in [1.29, 1.82) is 0 Å². The zero-order valence-corrected chi connectivity index (χ0v) is 12.1. The van der Waals surface area contributed by atoms with Crippen LogP contribution in [0.15, 0.2) is 18.2 Å². The summed E-state index contributed by atoms with van der Waals surface area (Å²) < 4.78 is 4.80. The molecule has 100 valence electrons. The van der Waals surface area contributed by atoms with E-state index < -0.39 is 5.54 Å². The van der Waals surface area contributed by atoms with Gasteiger partial charge in [0.25, 0.3) is 0 Å². The maximum Gasteiger partial charge on any atom is 0.330 e.